The van der Waals surface area contributed by atoms with Crippen LogP contribution < -0.4 is 5.32 Å². The Morgan fingerprint density at radius 2 is 1.92 bits per heavy atom. The topological polar surface area (TPSA) is 69.7 Å². The lowest BCUT2D eigenvalue weighted by molar-refractivity contribution is 0.200. The van der Waals surface area contributed by atoms with Crippen molar-refractivity contribution in [2.75, 3.05) is 50.8 Å². The molecular formula is C18H27N3O3S. The molecule has 138 valence electrons. The van der Waals surface area contributed by atoms with E-state index in [0.29, 0.717) is 25.6 Å². The number of sulfone groups is 1. The Bertz CT molecular complexity index is 706. The van der Waals surface area contributed by atoms with Crippen molar-refractivity contribution in [3.63, 3.8) is 0 Å². The van der Waals surface area contributed by atoms with Crippen LogP contribution in [0.1, 0.15) is 23.5 Å². The number of nitrogens with one attached hydrogen (secondary N) is 1. The number of likely N-dealkylation sites (tertiary alicyclic amines) is 1. The van der Waals surface area contributed by atoms with Gasteiger partial charge in [-0.25, -0.2) is 13.2 Å². The number of rotatable bonds is 4. The van der Waals surface area contributed by atoms with Crippen LogP contribution in [-0.4, -0.2) is 75.0 Å². The SMILES string of the molecule is Cc1ccccc1[C@@H]1CCN(CCNC(=O)N2CCS(=O)(=O)CC2)C1. The fraction of sp³-hybridized carbons (Fsp3) is 0.611. The van der Waals surface area contributed by atoms with Crippen molar-refractivity contribution < 1.29 is 13.2 Å². The molecule has 2 fully saturated rings. The van der Waals surface area contributed by atoms with E-state index in [1.165, 1.54) is 11.1 Å². The maximum Gasteiger partial charge on any atom is 0.317 e. The van der Waals surface area contributed by atoms with Gasteiger partial charge in [0.05, 0.1) is 11.5 Å². The minimum Gasteiger partial charge on any atom is -0.337 e. The molecule has 0 spiro atoms. The van der Waals surface area contributed by atoms with Crippen molar-refractivity contribution >= 4 is 15.9 Å². The first-order valence-electron chi connectivity index (χ1n) is 8.96. The van der Waals surface area contributed by atoms with Gasteiger partial charge in [-0.1, -0.05) is 24.3 Å². The van der Waals surface area contributed by atoms with E-state index in [9.17, 15) is 13.2 Å². The van der Waals surface area contributed by atoms with E-state index in [0.717, 1.165) is 26.1 Å². The van der Waals surface area contributed by atoms with Crippen LogP contribution in [0, 0.1) is 6.92 Å². The van der Waals surface area contributed by atoms with Gasteiger partial charge in [0.1, 0.15) is 0 Å². The predicted molar refractivity (Wildman–Crippen MR) is 98.6 cm³/mol. The third-order valence-electron chi connectivity index (χ3n) is 5.24. The summed E-state index contributed by atoms with van der Waals surface area (Å²) in [5.41, 5.74) is 2.78. The molecule has 0 radical (unpaired) electrons. The van der Waals surface area contributed by atoms with Gasteiger partial charge in [0.25, 0.3) is 0 Å². The molecule has 0 saturated carbocycles. The summed E-state index contributed by atoms with van der Waals surface area (Å²) in [6, 6.07) is 8.41. The zero-order chi connectivity index (χ0) is 17.9. The standard InChI is InChI=1S/C18H27N3O3S/c1-15-4-2-3-5-17(15)16-6-8-20(14-16)9-7-19-18(22)21-10-12-25(23,24)13-11-21/h2-5,16H,6-14H2,1H3,(H,19,22)/t16-/m1/s1. The highest BCUT2D eigenvalue weighted by molar-refractivity contribution is 7.91. The third-order valence-corrected chi connectivity index (χ3v) is 6.85. The summed E-state index contributed by atoms with van der Waals surface area (Å²) in [5.74, 6) is 0.721. The molecule has 0 aliphatic carbocycles. The monoisotopic (exact) mass is 365 g/mol. The first-order valence-corrected chi connectivity index (χ1v) is 10.8. The number of nitrogens with zero attached hydrogens (tertiary/aromatic N) is 2. The molecule has 3 rings (SSSR count). The van der Waals surface area contributed by atoms with Crippen LogP contribution in [0.25, 0.3) is 0 Å². The Morgan fingerprint density at radius 1 is 1.20 bits per heavy atom. The molecular weight excluding hydrogens is 338 g/mol. The van der Waals surface area contributed by atoms with Gasteiger partial charge in [-0.15, -0.1) is 0 Å². The van der Waals surface area contributed by atoms with Crippen LogP contribution in [0.5, 0.6) is 0 Å². The third kappa shape index (κ3) is 4.73. The Morgan fingerprint density at radius 3 is 2.64 bits per heavy atom. The Labute approximate surface area is 150 Å². The Hall–Kier alpha value is -1.60. The minimum absolute atomic E-state index is 0.0741. The largest absolute Gasteiger partial charge is 0.337 e. The number of amides is 2. The molecule has 7 heteroatoms. The van der Waals surface area contributed by atoms with Crippen LogP contribution in [0.3, 0.4) is 0 Å². The summed E-state index contributed by atoms with van der Waals surface area (Å²) < 4.78 is 22.8. The Balaban J connectivity index is 1.40. The van der Waals surface area contributed by atoms with Crippen LogP contribution in [0.4, 0.5) is 4.79 Å². The molecule has 0 unspecified atom stereocenters. The van der Waals surface area contributed by atoms with Gasteiger partial charge in [0, 0.05) is 32.7 Å². The van der Waals surface area contributed by atoms with Crippen molar-refractivity contribution in [3.8, 4) is 0 Å². The van der Waals surface area contributed by atoms with Gasteiger partial charge < -0.3 is 15.1 Å². The lowest BCUT2D eigenvalue weighted by Crippen LogP contribution is -2.49. The normalized spacial score (nSPS) is 23.6. The van der Waals surface area contributed by atoms with Gasteiger partial charge in [0.2, 0.25) is 0 Å². The second-order valence-electron chi connectivity index (χ2n) is 7.01. The van der Waals surface area contributed by atoms with E-state index in [1.54, 1.807) is 4.90 Å². The zero-order valence-corrected chi connectivity index (χ0v) is 15.6. The fourth-order valence-electron chi connectivity index (χ4n) is 3.68. The highest BCUT2D eigenvalue weighted by atomic mass is 32.2. The summed E-state index contributed by atoms with van der Waals surface area (Å²) in [6.45, 7) is 6.28. The number of carbonyl (C=O) groups excluding carboxylic acids is 1. The number of benzene rings is 1. The molecule has 6 nitrogen and oxygen atoms in total. The first-order chi connectivity index (χ1) is 11.9. The zero-order valence-electron chi connectivity index (χ0n) is 14.8. The quantitative estimate of drug-likeness (QED) is 0.871. The molecule has 2 aliphatic heterocycles. The molecule has 1 aromatic rings. The van der Waals surface area contributed by atoms with Gasteiger partial charge in [-0.2, -0.15) is 0 Å². The summed E-state index contributed by atoms with van der Waals surface area (Å²) in [5, 5.41) is 2.92. The fourth-order valence-corrected chi connectivity index (χ4v) is 4.88. The lowest BCUT2D eigenvalue weighted by atomic mass is 9.94. The van der Waals surface area contributed by atoms with Crippen molar-refractivity contribution in [3.05, 3.63) is 35.4 Å². The van der Waals surface area contributed by atoms with Crippen molar-refractivity contribution in [2.45, 2.75) is 19.3 Å². The summed E-state index contributed by atoms with van der Waals surface area (Å²) in [7, 11) is -2.95. The average molecular weight is 365 g/mol. The second kappa shape index (κ2) is 7.74. The van der Waals surface area contributed by atoms with Crippen molar-refractivity contribution in [1.29, 1.82) is 0 Å². The molecule has 2 amide bonds. The second-order valence-corrected chi connectivity index (χ2v) is 9.32. The highest BCUT2D eigenvalue weighted by Crippen LogP contribution is 2.28. The summed E-state index contributed by atoms with van der Waals surface area (Å²) in [6.07, 6.45) is 1.16. The van der Waals surface area contributed by atoms with E-state index in [1.807, 2.05) is 0 Å². The van der Waals surface area contributed by atoms with Crippen LogP contribution in [0.2, 0.25) is 0 Å². The maximum absolute atomic E-state index is 12.1. The molecule has 2 aliphatic rings. The summed E-state index contributed by atoms with van der Waals surface area (Å²) in [4.78, 5) is 16.1. The van der Waals surface area contributed by atoms with Crippen LogP contribution in [0.15, 0.2) is 24.3 Å². The average Bonchev–Trinajstić information content (AvgIpc) is 3.03. The molecule has 1 N–H and O–H groups in total. The number of carbonyl (C=O) groups is 1. The van der Waals surface area contributed by atoms with E-state index >= 15 is 0 Å². The molecule has 0 bridgehead atoms. The van der Waals surface area contributed by atoms with E-state index < -0.39 is 9.84 Å². The molecule has 25 heavy (non-hydrogen) atoms. The predicted octanol–water partition coefficient (Wildman–Crippen LogP) is 1.22. The maximum atomic E-state index is 12.1. The van der Waals surface area contributed by atoms with Crippen molar-refractivity contribution in [1.82, 2.24) is 15.1 Å². The highest BCUT2D eigenvalue weighted by Gasteiger charge is 2.26. The first kappa shape index (κ1) is 18.2. The number of hydrogen-bond acceptors (Lipinski definition) is 4. The smallest absolute Gasteiger partial charge is 0.317 e. The molecule has 2 saturated heterocycles. The number of aryl methyl sites for hydroxylation is 1. The van der Waals surface area contributed by atoms with E-state index in [-0.39, 0.29) is 17.5 Å². The summed E-state index contributed by atoms with van der Waals surface area (Å²) >= 11 is 0. The molecule has 1 aromatic carbocycles. The van der Waals surface area contributed by atoms with Crippen molar-refractivity contribution in [2.24, 2.45) is 0 Å². The van der Waals surface area contributed by atoms with Gasteiger partial charge in [-0.05, 0) is 36.9 Å². The molecule has 1 atom stereocenters. The number of urea groups is 1. The van der Waals surface area contributed by atoms with Crippen LogP contribution in [-0.2, 0) is 9.84 Å². The van der Waals surface area contributed by atoms with Gasteiger partial charge >= 0.3 is 6.03 Å². The van der Waals surface area contributed by atoms with E-state index in [4.69, 9.17) is 0 Å². The van der Waals surface area contributed by atoms with Gasteiger partial charge in [-0.3, -0.25) is 0 Å². The molecule has 2 heterocycles. The van der Waals surface area contributed by atoms with Crippen LogP contribution >= 0.6 is 0 Å². The van der Waals surface area contributed by atoms with Gasteiger partial charge in [0.15, 0.2) is 9.84 Å². The number of hydrogen-bond donors (Lipinski definition) is 1. The lowest BCUT2D eigenvalue weighted by Gasteiger charge is -2.27. The minimum atomic E-state index is -2.95. The molecule has 0 aromatic heterocycles. The Kier molecular flexibility index (Phi) is 5.64. The van der Waals surface area contributed by atoms with E-state index in [2.05, 4.69) is 41.4 Å².